The van der Waals surface area contributed by atoms with Gasteiger partial charge in [-0.15, -0.1) is 0 Å². The number of hydrogen-bond acceptors (Lipinski definition) is 4. The fraction of sp³-hybridized carbons (Fsp3) is 0.333. The Kier molecular flexibility index (Phi) is 4.81. The lowest BCUT2D eigenvalue weighted by molar-refractivity contribution is 0.277. The van der Waals surface area contributed by atoms with Crippen molar-refractivity contribution in [3.63, 3.8) is 0 Å². The van der Waals surface area contributed by atoms with Crippen LogP contribution in [0, 0.1) is 0 Å². The summed E-state index contributed by atoms with van der Waals surface area (Å²) < 4.78 is 12.2. The number of hydrogen-bond donors (Lipinski definition) is 1. The predicted octanol–water partition coefficient (Wildman–Crippen LogP) is 1.19. The standard InChI is InChI=1S/C15H18N2O4/c1-3-11-10-17(15(19)16-14(11)18)8-9-21-13-7-5-4-6-12(13)20-2/h4-7,10H,3,8-9H2,1-2H3,(H,16,18,19). The first-order valence-corrected chi connectivity index (χ1v) is 6.74. The minimum Gasteiger partial charge on any atom is -0.493 e. The predicted molar refractivity (Wildman–Crippen MR) is 79.2 cm³/mol. The highest BCUT2D eigenvalue weighted by atomic mass is 16.5. The number of rotatable bonds is 6. The van der Waals surface area contributed by atoms with Crippen molar-refractivity contribution >= 4 is 0 Å². The van der Waals surface area contributed by atoms with E-state index in [4.69, 9.17) is 9.47 Å². The lowest BCUT2D eigenvalue weighted by atomic mass is 10.3. The fourth-order valence-corrected chi connectivity index (χ4v) is 1.96. The third kappa shape index (κ3) is 3.53. The van der Waals surface area contributed by atoms with Crippen molar-refractivity contribution in [1.29, 1.82) is 0 Å². The van der Waals surface area contributed by atoms with Crippen molar-refractivity contribution in [3.05, 3.63) is 56.9 Å². The molecule has 0 spiro atoms. The highest BCUT2D eigenvalue weighted by Gasteiger charge is 2.05. The summed E-state index contributed by atoms with van der Waals surface area (Å²) in [7, 11) is 1.57. The summed E-state index contributed by atoms with van der Waals surface area (Å²) in [6, 6.07) is 7.30. The van der Waals surface area contributed by atoms with Gasteiger partial charge in [-0.1, -0.05) is 19.1 Å². The maximum atomic E-state index is 11.7. The van der Waals surface area contributed by atoms with Crippen LogP contribution >= 0.6 is 0 Å². The van der Waals surface area contributed by atoms with Crippen molar-refractivity contribution in [2.45, 2.75) is 19.9 Å². The lowest BCUT2D eigenvalue weighted by Gasteiger charge is -2.11. The summed E-state index contributed by atoms with van der Waals surface area (Å²) >= 11 is 0. The van der Waals surface area contributed by atoms with Crippen LogP contribution in [0.5, 0.6) is 11.5 Å². The molecular formula is C15H18N2O4. The topological polar surface area (TPSA) is 73.3 Å². The normalized spacial score (nSPS) is 10.4. The zero-order valence-corrected chi connectivity index (χ0v) is 12.1. The summed E-state index contributed by atoms with van der Waals surface area (Å²) in [5.74, 6) is 1.26. The van der Waals surface area contributed by atoms with Crippen molar-refractivity contribution in [2.24, 2.45) is 0 Å². The summed E-state index contributed by atoms with van der Waals surface area (Å²) in [6.45, 7) is 2.51. The Morgan fingerprint density at radius 3 is 2.57 bits per heavy atom. The Morgan fingerprint density at radius 1 is 1.19 bits per heavy atom. The van der Waals surface area contributed by atoms with Gasteiger partial charge in [-0.3, -0.25) is 14.3 Å². The van der Waals surface area contributed by atoms with Gasteiger partial charge in [0, 0.05) is 11.8 Å². The molecule has 0 fully saturated rings. The van der Waals surface area contributed by atoms with E-state index in [1.165, 1.54) is 4.57 Å². The van der Waals surface area contributed by atoms with E-state index in [0.29, 0.717) is 36.6 Å². The molecule has 6 nitrogen and oxygen atoms in total. The van der Waals surface area contributed by atoms with Gasteiger partial charge in [0.05, 0.1) is 13.7 Å². The largest absolute Gasteiger partial charge is 0.493 e. The molecule has 0 bridgehead atoms. The van der Waals surface area contributed by atoms with Gasteiger partial charge in [0.15, 0.2) is 11.5 Å². The minimum absolute atomic E-state index is 0.301. The second-order valence-corrected chi connectivity index (χ2v) is 4.46. The first-order chi connectivity index (χ1) is 10.2. The molecule has 0 aliphatic rings. The second kappa shape index (κ2) is 6.78. The number of aromatic nitrogens is 2. The van der Waals surface area contributed by atoms with Crippen LogP contribution in [0.1, 0.15) is 12.5 Å². The molecule has 6 heteroatoms. The molecule has 0 saturated heterocycles. The zero-order valence-electron chi connectivity index (χ0n) is 12.1. The number of aromatic amines is 1. The van der Waals surface area contributed by atoms with Gasteiger partial charge in [-0.25, -0.2) is 4.79 Å². The fourth-order valence-electron chi connectivity index (χ4n) is 1.96. The van der Waals surface area contributed by atoms with E-state index in [2.05, 4.69) is 4.98 Å². The molecule has 1 N–H and O–H groups in total. The van der Waals surface area contributed by atoms with Gasteiger partial charge >= 0.3 is 5.69 Å². The van der Waals surface area contributed by atoms with Crippen LogP contribution in [-0.4, -0.2) is 23.3 Å². The maximum absolute atomic E-state index is 11.7. The second-order valence-electron chi connectivity index (χ2n) is 4.46. The molecule has 1 heterocycles. The van der Waals surface area contributed by atoms with Crippen molar-refractivity contribution in [1.82, 2.24) is 9.55 Å². The van der Waals surface area contributed by atoms with E-state index in [1.807, 2.05) is 19.1 Å². The Labute approximate surface area is 122 Å². The average molecular weight is 290 g/mol. The number of para-hydroxylation sites is 2. The van der Waals surface area contributed by atoms with Crippen molar-refractivity contribution in [3.8, 4) is 11.5 Å². The van der Waals surface area contributed by atoms with Crippen LogP contribution in [0.3, 0.4) is 0 Å². The van der Waals surface area contributed by atoms with E-state index in [0.717, 1.165) is 0 Å². The number of methoxy groups -OCH3 is 1. The highest BCUT2D eigenvalue weighted by Crippen LogP contribution is 2.25. The summed E-state index contributed by atoms with van der Waals surface area (Å²) in [5.41, 5.74) is -0.183. The quantitative estimate of drug-likeness (QED) is 0.867. The van der Waals surface area contributed by atoms with Gasteiger partial charge in [-0.2, -0.15) is 0 Å². The molecule has 1 aromatic carbocycles. The van der Waals surface area contributed by atoms with E-state index >= 15 is 0 Å². The third-order valence-corrected chi connectivity index (χ3v) is 3.12. The molecule has 0 amide bonds. The maximum Gasteiger partial charge on any atom is 0.328 e. The molecular weight excluding hydrogens is 272 g/mol. The van der Waals surface area contributed by atoms with Gasteiger partial charge in [0.1, 0.15) is 6.61 Å². The number of benzene rings is 1. The molecule has 0 radical (unpaired) electrons. The van der Waals surface area contributed by atoms with Gasteiger partial charge in [-0.05, 0) is 18.6 Å². The smallest absolute Gasteiger partial charge is 0.328 e. The summed E-state index contributed by atoms with van der Waals surface area (Å²) in [4.78, 5) is 25.5. The molecule has 0 unspecified atom stereocenters. The molecule has 2 aromatic rings. The van der Waals surface area contributed by atoms with Gasteiger partial charge in [0.25, 0.3) is 5.56 Å². The molecule has 112 valence electrons. The molecule has 0 aliphatic carbocycles. The van der Waals surface area contributed by atoms with E-state index in [1.54, 1.807) is 25.4 Å². The monoisotopic (exact) mass is 290 g/mol. The van der Waals surface area contributed by atoms with Crippen molar-refractivity contribution < 1.29 is 9.47 Å². The van der Waals surface area contributed by atoms with E-state index < -0.39 is 5.69 Å². The SMILES string of the molecule is CCc1cn(CCOc2ccccc2OC)c(=O)[nH]c1=O. The van der Waals surface area contributed by atoms with Gasteiger partial charge < -0.3 is 9.47 Å². The highest BCUT2D eigenvalue weighted by molar-refractivity contribution is 5.39. The summed E-state index contributed by atoms with van der Waals surface area (Å²) in [6.07, 6.45) is 2.15. The van der Waals surface area contributed by atoms with Crippen LogP contribution in [-0.2, 0) is 13.0 Å². The van der Waals surface area contributed by atoms with Crippen LogP contribution in [0.2, 0.25) is 0 Å². The number of nitrogens with zero attached hydrogens (tertiary/aromatic N) is 1. The van der Waals surface area contributed by atoms with Gasteiger partial charge in [0.2, 0.25) is 0 Å². The Balaban J connectivity index is 2.07. The van der Waals surface area contributed by atoms with E-state index in [-0.39, 0.29) is 5.56 Å². The van der Waals surface area contributed by atoms with Crippen molar-refractivity contribution in [2.75, 3.05) is 13.7 Å². The Morgan fingerprint density at radius 2 is 1.90 bits per heavy atom. The van der Waals surface area contributed by atoms with Crippen LogP contribution < -0.4 is 20.7 Å². The minimum atomic E-state index is -0.430. The van der Waals surface area contributed by atoms with E-state index in [9.17, 15) is 9.59 Å². The van der Waals surface area contributed by atoms with Crippen LogP contribution in [0.25, 0.3) is 0 Å². The first kappa shape index (κ1) is 14.9. The summed E-state index contributed by atoms with van der Waals surface area (Å²) in [5, 5.41) is 0. The number of nitrogens with one attached hydrogen (secondary N) is 1. The first-order valence-electron chi connectivity index (χ1n) is 6.74. The van der Waals surface area contributed by atoms with Crippen LogP contribution in [0.4, 0.5) is 0 Å². The molecule has 0 aliphatic heterocycles. The zero-order chi connectivity index (χ0) is 15.2. The Bertz CT molecular complexity index is 718. The lowest BCUT2D eigenvalue weighted by Crippen LogP contribution is -2.32. The molecule has 21 heavy (non-hydrogen) atoms. The number of aryl methyl sites for hydroxylation is 1. The Hall–Kier alpha value is -2.50. The molecule has 0 saturated carbocycles. The molecule has 2 rings (SSSR count). The van der Waals surface area contributed by atoms with Crippen LogP contribution in [0.15, 0.2) is 40.1 Å². The third-order valence-electron chi connectivity index (χ3n) is 3.12. The number of ether oxygens (including phenoxy) is 2. The average Bonchev–Trinajstić information content (AvgIpc) is 2.50. The molecule has 1 aromatic heterocycles. The molecule has 0 atom stereocenters. The number of H-pyrrole nitrogens is 1.